The molecule has 0 bridgehead atoms. The predicted octanol–water partition coefficient (Wildman–Crippen LogP) is 3.33. The maximum Gasteiger partial charge on any atom is 0.260 e. The van der Waals surface area contributed by atoms with Crippen LogP contribution in [0.5, 0.6) is 5.75 Å². The van der Waals surface area contributed by atoms with Crippen LogP contribution in [0.2, 0.25) is 0 Å². The molecule has 0 saturated carbocycles. The Hall–Kier alpha value is -3.13. The van der Waals surface area contributed by atoms with Crippen LogP contribution in [-0.2, 0) is 14.4 Å². The van der Waals surface area contributed by atoms with Crippen LogP contribution in [0.4, 0.5) is 10.1 Å². The van der Waals surface area contributed by atoms with Crippen molar-refractivity contribution in [2.24, 2.45) is 5.16 Å². The molecule has 1 saturated heterocycles. The third-order valence-electron chi connectivity index (χ3n) is 5.21. The summed E-state index contributed by atoms with van der Waals surface area (Å²) in [6.45, 7) is 5.41. The molecule has 0 aromatic heterocycles. The van der Waals surface area contributed by atoms with E-state index in [9.17, 15) is 9.18 Å². The number of oxime groups is 1. The molecule has 1 amide bonds. The minimum Gasteiger partial charge on any atom is -0.484 e. The lowest BCUT2D eigenvalue weighted by atomic mass is 10.1. The monoisotopic (exact) mass is 443 g/mol. The Morgan fingerprint density at radius 1 is 1.12 bits per heavy atom. The average molecular weight is 444 g/mol. The molecule has 1 aliphatic heterocycles. The number of ether oxygens (including phenoxy) is 2. The normalized spacial score (nSPS) is 14.2. The second kappa shape index (κ2) is 12.0. The third kappa shape index (κ3) is 6.95. The molecule has 32 heavy (non-hydrogen) atoms. The van der Waals surface area contributed by atoms with Crippen molar-refractivity contribution in [1.82, 2.24) is 4.90 Å². The molecule has 0 spiro atoms. The van der Waals surface area contributed by atoms with Gasteiger partial charge in [-0.2, -0.15) is 0 Å². The summed E-state index contributed by atoms with van der Waals surface area (Å²) in [5, 5.41) is 4.27. The number of hydrogen-bond donors (Lipinski definition) is 0. The third-order valence-corrected chi connectivity index (χ3v) is 5.21. The zero-order chi connectivity index (χ0) is 22.8. The number of morpholine rings is 1. The van der Waals surface area contributed by atoms with E-state index in [4.69, 9.17) is 14.3 Å². The number of benzene rings is 2. The lowest BCUT2D eigenvalue weighted by molar-refractivity contribution is -0.137. The molecule has 2 aromatic carbocycles. The molecule has 172 valence electrons. The fourth-order valence-electron chi connectivity index (χ4n) is 3.24. The van der Waals surface area contributed by atoms with Gasteiger partial charge in [-0.1, -0.05) is 12.1 Å². The second-order valence-corrected chi connectivity index (χ2v) is 7.43. The van der Waals surface area contributed by atoms with Crippen LogP contribution in [0.25, 0.3) is 0 Å². The first-order valence-corrected chi connectivity index (χ1v) is 10.8. The van der Waals surface area contributed by atoms with Crippen LogP contribution in [0.1, 0.15) is 18.9 Å². The van der Waals surface area contributed by atoms with Crippen molar-refractivity contribution in [2.75, 3.05) is 58.0 Å². The lowest BCUT2D eigenvalue weighted by Crippen LogP contribution is -2.42. The number of nitrogens with zero attached hydrogens (tertiary/aromatic N) is 3. The summed E-state index contributed by atoms with van der Waals surface area (Å²) in [5.74, 6) is 0.343. The topological polar surface area (TPSA) is 63.6 Å². The molecule has 3 rings (SSSR count). The first-order valence-electron chi connectivity index (χ1n) is 10.8. The van der Waals surface area contributed by atoms with E-state index in [1.807, 2.05) is 43.1 Å². The number of rotatable bonds is 10. The van der Waals surface area contributed by atoms with Crippen molar-refractivity contribution >= 4 is 17.3 Å². The van der Waals surface area contributed by atoms with E-state index in [1.54, 1.807) is 17.0 Å². The highest BCUT2D eigenvalue weighted by Crippen LogP contribution is 2.15. The first kappa shape index (κ1) is 23.5. The van der Waals surface area contributed by atoms with E-state index >= 15 is 0 Å². The van der Waals surface area contributed by atoms with E-state index in [-0.39, 0.29) is 18.3 Å². The Balaban J connectivity index is 1.45. The van der Waals surface area contributed by atoms with Gasteiger partial charge in [-0.15, -0.1) is 0 Å². The summed E-state index contributed by atoms with van der Waals surface area (Å²) < 4.78 is 23.9. The van der Waals surface area contributed by atoms with Crippen molar-refractivity contribution < 1.29 is 23.5 Å². The highest BCUT2D eigenvalue weighted by molar-refractivity contribution is 6.00. The molecular weight excluding hydrogens is 413 g/mol. The van der Waals surface area contributed by atoms with Gasteiger partial charge in [0.1, 0.15) is 18.2 Å². The van der Waals surface area contributed by atoms with E-state index < -0.39 is 0 Å². The van der Waals surface area contributed by atoms with Crippen LogP contribution in [0.15, 0.2) is 53.7 Å². The van der Waals surface area contributed by atoms with Crippen molar-refractivity contribution in [1.29, 1.82) is 0 Å². The number of hydrogen-bond acceptors (Lipinski definition) is 6. The van der Waals surface area contributed by atoms with Gasteiger partial charge in [0.25, 0.3) is 5.91 Å². The molecule has 0 unspecified atom stereocenters. The minimum absolute atomic E-state index is 0.0127. The maximum atomic E-state index is 13.0. The Labute approximate surface area is 188 Å². The predicted molar refractivity (Wildman–Crippen MR) is 122 cm³/mol. The van der Waals surface area contributed by atoms with Crippen molar-refractivity contribution in [3.8, 4) is 5.75 Å². The largest absolute Gasteiger partial charge is 0.484 e. The lowest BCUT2D eigenvalue weighted by Gasteiger charge is -2.26. The van der Waals surface area contributed by atoms with Gasteiger partial charge in [-0.25, -0.2) is 4.39 Å². The van der Waals surface area contributed by atoms with Gasteiger partial charge in [-0.05, 0) is 60.5 Å². The first-order chi connectivity index (χ1) is 15.6. The molecule has 0 N–H and O–H groups in total. The Morgan fingerprint density at radius 2 is 1.81 bits per heavy atom. The van der Waals surface area contributed by atoms with Gasteiger partial charge >= 0.3 is 0 Å². The molecule has 1 fully saturated rings. The van der Waals surface area contributed by atoms with Crippen molar-refractivity contribution in [3.05, 3.63) is 59.9 Å². The second-order valence-electron chi connectivity index (χ2n) is 7.43. The van der Waals surface area contributed by atoms with Gasteiger partial charge in [-0.3, -0.25) is 4.79 Å². The Morgan fingerprint density at radius 3 is 2.47 bits per heavy atom. The molecule has 1 aliphatic rings. The molecule has 0 radical (unpaired) electrons. The molecule has 7 nitrogen and oxygen atoms in total. The maximum absolute atomic E-state index is 13.0. The summed E-state index contributed by atoms with van der Waals surface area (Å²) in [6.07, 6.45) is 0.712. The number of carbonyl (C=O) groups excluding carboxylic acids is 1. The smallest absolute Gasteiger partial charge is 0.260 e. The Kier molecular flexibility index (Phi) is 8.86. The minimum atomic E-state index is -0.254. The van der Waals surface area contributed by atoms with Crippen molar-refractivity contribution in [2.45, 2.75) is 13.3 Å². The van der Waals surface area contributed by atoms with E-state index in [0.29, 0.717) is 51.6 Å². The molecule has 0 aliphatic carbocycles. The van der Waals surface area contributed by atoms with Gasteiger partial charge in [0.2, 0.25) is 0 Å². The standard InChI is InChI=1S/C24H30FN3O4/c1-3-23(26-32-17-12-27(2)21-8-6-20(25)7-9-21)19-4-10-22(11-5-19)31-18-24(29)28-13-15-30-16-14-28/h4-11H,3,12-18H2,1-2H3. The zero-order valence-electron chi connectivity index (χ0n) is 18.6. The van der Waals surface area contributed by atoms with E-state index in [0.717, 1.165) is 17.0 Å². The summed E-state index contributed by atoms with van der Waals surface area (Å²) in [6, 6.07) is 13.8. The number of likely N-dealkylation sites (N-methyl/N-ethyl adjacent to an activating group) is 1. The quantitative estimate of drug-likeness (QED) is 0.320. The molecule has 8 heteroatoms. The molecule has 1 heterocycles. The summed E-state index contributed by atoms with van der Waals surface area (Å²) in [7, 11) is 1.92. The van der Waals surface area contributed by atoms with E-state index in [2.05, 4.69) is 5.16 Å². The number of amides is 1. The SMILES string of the molecule is CCC(=NOCCN(C)c1ccc(F)cc1)c1ccc(OCC(=O)N2CCOCC2)cc1. The van der Waals surface area contributed by atoms with Gasteiger partial charge < -0.3 is 24.1 Å². The molecular formula is C24H30FN3O4. The van der Waals surface area contributed by atoms with Gasteiger partial charge in [0, 0.05) is 25.8 Å². The average Bonchev–Trinajstić information content (AvgIpc) is 2.84. The van der Waals surface area contributed by atoms with Crippen LogP contribution in [0, 0.1) is 5.82 Å². The van der Waals surface area contributed by atoms with Gasteiger partial charge in [0.05, 0.1) is 25.5 Å². The summed E-state index contributed by atoms with van der Waals surface area (Å²) in [5.41, 5.74) is 2.68. The zero-order valence-corrected chi connectivity index (χ0v) is 18.6. The highest BCUT2D eigenvalue weighted by atomic mass is 19.1. The van der Waals surface area contributed by atoms with Crippen LogP contribution < -0.4 is 9.64 Å². The highest BCUT2D eigenvalue weighted by Gasteiger charge is 2.17. The number of anilines is 1. The molecule has 0 atom stereocenters. The number of halogens is 1. The van der Waals surface area contributed by atoms with Crippen LogP contribution in [-0.4, -0.2) is 69.6 Å². The van der Waals surface area contributed by atoms with E-state index in [1.165, 1.54) is 12.1 Å². The fourth-order valence-corrected chi connectivity index (χ4v) is 3.24. The van der Waals surface area contributed by atoms with Crippen LogP contribution in [0.3, 0.4) is 0 Å². The van der Waals surface area contributed by atoms with Crippen molar-refractivity contribution in [3.63, 3.8) is 0 Å². The molecule has 2 aromatic rings. The van der Waals surface area contributed by atoms with Gasteiger partial charge in [0.15, 0.2) is 6.61 Å². The summed E-state index contributed by atoms with van der Waals surface area (Å²) in [4.78, 5) is 21.4. The van der Waals surface area contributed by atoms with Crippen LogP contribution >= 0.6 is 0 Å². The Bertz CT molecular complexity index is 881. The number of carbonyl (C=O) groups is 1. The summed E-state index contributed by atoms with van der Waals surface area (Å²) >= 11 is 0. The fraction of sp³-hybridized carbons (Fsp3) is 0.417.